The topological polar surface area (TPSA) is 38.0 Å². The highest BCUT2D eigenvalue weighted by molar-refractivity contribution is 5.57. The van der Waals surface area contributed by atoms with E-state index in [4.69, 9.17) is 0 Å². The van der Waals surface area contributed by atoms with Gasteiger partial charge < -0.3 is 5.11 Å². The number of fused-ring (bicyclic) bond motifs is 5. The van der Waals surface area contributed by atoms with Crippen molar-refractivity contribution < 1.29 is 5.11 Å². The van der Waals surface area contributed by atoms with Gasteiger partial charge in [-0.2, -0.15) is 5.10 Å². The van der Waals surface area contributed by atoms with E-state index in [1.54, 1.807) is 0 Å². The van der Waals surface area contributed by atoms with Crippen LogP contribution < -0.4 is 0 Å². The van der Waals surface area contributed by atoms with Crippen LogP contribution in [0.2, 0.25) is 0 Å². The van der Waals surface area contributed by atoms with Crippen LogP contribution in [-0.2, 0) is 6.54 Å². The largest absolute Gasteiger partial charge is 0.388 e. The molecule has 7 atom stereocenters. The second kappa shape index (κ2) is 6.97. The normalized spacial score (nSPS) is 45.7. The summed E-state index contributed by atoms with van der Waals surface area (Å²) in [6, 6.07) is 0. The van der Waals surface area contributed by atoms with Crippen molar-refractivity contribution in [3.63, 3.8) is 0 Å². The minimum absolute atomic E-state index is 0.0690. The fourth-order valence-electron chi connectivity index (χ4n) is 8.42. The van der Waals surface area contributed by atoms with Gasteiger partial charge in [-0.15, -0.1) is 0 Å². The van der Waals surface area contributed by atoms with E-state index in [-0.39, 0.29) is 11.5 Å². The average Bonchev–Trinajstić information content (AvgIpc) is 3.19. The molecule has 0 aliphatic heterocycles. The van der Waals surface area contributed by atoms with Crippen LogP contribution in [0.25, 0.3) is 6.08 Å². The maximum Gasteiger partial charge on any atom is 0.0809 e. The maximum absolute atomic E-state index is 11.5. The molecular weight excluding hydrogens is 356 g/mol. The van der Waals surface area contributed by atoms with Gasteiger partial charge >= 0.3 is 0 Å². The van der Waals surface area contributed by atoms with E-state index in [9.17, 15) is 5.11 Å². The van der Waals surface area contributed by atoms with E-state index >= 15 is 0 Å². The Morgan fingerprint density at radius 1 is 1.10 bits per heavy atom. The Morgan fingerprint density at radius 3 is 2.69 bits per heavy atom. The fraction of sp³-hybridized carbons (Fsp3) is 0.808. The summed E-state index contributed by atoms with van der Waals surface area (Å²) in [5.74, 6) is 3.32. The monoisotopic (exact) mass is 396 g/mol. The summed E-state index contributed by atoms with van der Waals surface area (Å²) < 4.78 is 2.06. The highest BCUT2D eigenvalue weighted by Crippen LogP contribution is 2.67. The molecule has 4 aliphatic carbocycles. The first-order valence-corrected chi connectivity index (χ1v) is 12.3. The van der Waals surface area contributed by atoms with Crippen molar-refractivity contribution in [3.05, 3.63) is 23.0 Å². The minimum Gasteiger partial charge on any atom is -0.388 e. The average molecular weight is 397 g/mol. The quantitative estimate of drug-likeness (QED) is 0.666. The third-order valence-corrected chi connectivity index (χ3v) is 10.2. The molecule has 0 unspecified atom stereocenters. The molecule has 29 heavy (non-hydrogen) atoms. The number of aliphatic hydroxyl groups excluding tert-OH is 1. The van der Waals surface area contributed by atoms with E-state index < -0.39 is 0 Å². The molecule has 0 saturated heterocycles. The van der Waals surface area contributed by atoms with E-state index in [0.29, 0.717) is 11.3 Å². The zero-order valence-corrected chi connectivity index (χ0v) is 19.0. The number of aliphatic hydroxyl groups is 1. The van der Waals surface area contributed by atoms with Crippen LogP contribution in [-0.4, -0.2) is 21.0 Å². The number of nitrogens with zero attached hydrogens (tertiary/aromatic N) is 2. The molecule has 5 rings (SSSR count). The van der Waals surface area contributed by atoms with Crippen LogP contribution in [0.1, 0.15) is 89.8 Å². The van der Waals surface area contributed by atoms with Gasteiger partial charge in [0.2, 0.25) is 0 Å². The van der Waals surface area contributed by atoms with Crippen LogP contribution in [0, 0.1) is 41.4 Å². The van der Waals surface area contributed by atoms with Gasteiger partial charge in [0.15, 0.2) is 0 Å². The molecule has 4 aliphatic rings. The lowest BCUT2D eigenvalue weighted by molar-refractivity contribution is -0.119. The number of rotatable bonds is 2. The molecule has 3 heteroatoms. The molecular formula is C26H40N2O. The smallest absolute Gasteiger partial charge is 0.0809 e. The van der Waals surface area contributed by atoms with E-state index in [2.05, 4.69) is 43.6 Å². The van der Waals surface area contributed by atoms with Crippen molar-refractivity contribution in [2.24, 2.45) is 34.5 Å². The molecule has 0 amide bonds. The predicted octanol–water partition coefficient (Wildman–Crippen LogP) is 6.00. The van der Waals surface area contributed by atoms with Crippen LogP contribution in [0.5, 0.6) is 0 Å². The molecule has 1 aromatic heterocycles. The summed E-state index contributed by atoms with van der Waals surface area (Å²) in [5.41, 5.74) is 4.33. The first-order chi connectivity index (χ1) is 13.9. The summed E-state index contributed by atoms with van der Waals surface area (Å²) in [6.45, 7) is 10.2. The first-order valence-electron chi connectivity index (χ1n) is 12.3. The highest BCUT2D eigenvalue weighted by atomic mass is 16.3. The molecule has 0 spiro atoms. The maximum atomic E-state index is 11.5. The van der Waals surface area contributed by atoms with Crippen LogP contribution in [0.4, 0.5) is 0 Å². The molecule has 1 heterocycles. The standard InChI is InChI=1S/C26H40N2O/c1-5-28-17(2)19(16-27-28)14-18-15-23-21-10-9-20-8-6-7-12-25(20,3)22(21)11-13-26(23,4)24(18)29/h14,16,20-24,29H,5-13,15H2,1-4H3/b18-14-/t20-,21-,22+,23+,24+,25+,26+/m1/s1. The Hall–Kier alpha value is -1.09. The summed E-state index contributed by atoms with van der Waals surface area (Å²) in [4.78, 5) is 0. The summed E-state index contributed by atoms with van der Waals surface area (Å²) in [6.07, 6.45) is 16.3. The lowest BCUT2D eigenvalue weighted by Gasteiger charge is -2.60. The SMILES string of the molecule is CCn1ncc(/C=C2/C[C@H]3[C@@H]4CC[C@H]5CCCC[C@]5(C)[C@H]4CC[C@]3(C)[C@H]2O)c1C. The molecule has 0 bridgehead atoms. The van der Waals surface area contributed by atoms with Crippen molar-refractivity contribution in [2.45, 2.75) is 98.1 Å². The van der Waals surface area contributed by atoms with Crippen molar-refractivity contribution in [1.29, 1.82) is 0 Å². The highest BCUT2D eigenvalue weighted by Gasteiger charge is 2.60. The summed E-state index contributed by atoms with van der Waals surface area (Å²) in [7, 11) is 0. The molecule has 1 N–H and O–H groups in total. The van der Waals surface area contributed by atoms with Crippen molar-refractivity contribution in [1.82, 2.24) is 9.78 Å². The second-order valence-electron chi connectivity index (χ2n) is 11.3. The third-order valence-electron chi connectivity index (χ3n) is 10.2. The lowest BCUT2D eigenvalue weighted by atomic mass is 9.45. The number of aromatic nitrogens is 2. The zero-order chi connectivity index (χ0) is 20.4. The van der Waals surface area contributed by atoms with Gasteiger partial charge in [0, 0.05) is 23.2 Å². The van der Waals surface area contributed by atoms with Gasteiger partial charge in [0.1, 0.15) is 0 Å². The Morgan fingerprint density at radius 2 is 1.93 bits per heavy atom. The lowest BCUT2D eigenvalue weighted by Crippen LogP contribution is -2.53. The van der Waals surface area contributed by atoms with Crippen LogP contribution in [0.15, 0.2) is 11.8 Å². The number of hydrogen-bond donors (Lipinski definition) is 1. The minimum atomic E-state index is -0.283. The van der Waals surface area contributed by atoms with Crippen LogP contribution >= 0.6 is 0 Å². The van der Waals surface area contributed by atoms with Crippen molar-refractivity contribution in [3.8, 4) is 0 Å². The van der Waals surface area contributed by atoms with Crippen molar-refractivity contribution in [2.75, 3.05) is 0 Å². The van der Waals surface area contributed by atoms with Crippen LogP contribution in [0.3, 0.4) is 0 Å². The third kappa shape index (κ3) is 2.82. The Labute approximate surface area is 177 Å². The van der Waals surface area contributed by atoms with Gasteiger partial charge in [-0.1, -0.05) is 26.7 Å². The van der Waals surface area contributed by atoms with Gasteiger partial charge in [-0.3, -0.25) is 4.68 Å². The Balaban J connectivity index is 1.45. The van der Waals surface area contributed by atoms with E-state index in [1.807, 2.05) is 6.20 Å². The number of aryl methyl sites for hydroxylation is 1. The summed E-state index contributed by atoms with van der Waals surface area (Å²) in [5, 5.41) is 16.0. The Bertz CT molecular complexity index is 810. The van der Waals surface area contributed by atoms with Crippen molar-refractivity contribution >= 4 is 6.08 Å². The molecule has 160 valence electrons. The Kier molecular flexibility index (Phi) is 4.77. The predicted molar refractivity (Wildman–Crippen MR) is 118 cm³/mol. The molecule has 0 radical (unpaired) electrons. The zero-order valence-electron chi connectivity index (χ0n) is 19.0. The summed E-state index contributed by atoms with van der Waals surface area (Å²) >= 11 is 0. The van der Waals surface area contributed by atoms with E-state index in [0.717, 1.165) is 30.7 Å². The number of hydrogen-bond acceptors (Lipinski definition) is 2. The molecule has 4 fully saturated rings. The van der Waals surface area contributed by atoms with Gasteiger partial charge in [-0.25, -0.2) is 0 Å². The first kappa shape index (κ1) is 19.8. The van der Waals surface area contributed by atoms with Gasteiger partial charge in [0.25, 0.3) is 0 Å². The van der Waals surface area contributed by atoms with E-state index in [1.165, 1.54) is 68.2 Å². The van der Waals surface area contributed by atoms with Gasteiger partial charge in [-0.05, 0) is 99.5 Å². The van der Waals surface area contributed by atoms with Gasteiger partial charge in [0.05, 0.1) is 12.3 Å². The fourth-order valence-corrected chi connectivity index (χ4v) is 8.42. The molecule has 4 saturated carbocycles. The molecule has 3 nitrogen and oxygen atoms in total. The molecule has 0 aromatic carbocycles. The molecule has 1 aromatic rings. The second-order valence-corrected chi connectivity index (χ2v) is 11.3.